The van der Waals surface area contributed by atoms with Crippen LogP contribution in [0.1, 0.15) is 12.0 Å². The molecule has 0 saturated carbocycles. The van der Waals surface area contributed by atoms with Crippen LogP contribution in [0.15, 0.2) is 29.2 Å². The van der Waals surface area contributed by atoms with Gasteiger partial charge in [-0.15, -0.1) is 0 Å². The van der Waals surface area contributed by atoms with Gasteiger partial charge in [0.1, 0.15) is 17.6 Å². The van der Waals surface area contributed by atoms with Crippen molar-refractivity contribution in [1.29, 1.82) is 0 Å². The molecule has 1 fully saturated rings. The molecule has 0 N–H and O–H groups in total. The van der Waals surface area contributed by atoms with Crippen molar-refractivity contribution in [2.24, 2.45) is 0 Å². The first-order valence-corrected chi connectivity index (χ1v) is 8.94. The van der Waals surface area contributed by atoms with E-state index in [2.05, 4.69) is 6.26 Å². The predicted molar refractivity (Wildman–Crippen MR) is 70.9 cm³/mol. The molecule has 17 heavy (non-hydrogen) atoms. The number of benzene rings is 1. The quantitative estimate of drug-likeness (QED) is 0.622. The fourth-order valence-corrected chi connectivity index (χ4v) is 4.72. The van der Waals surface area contributed by atoms with Crippen LogP contribution in [-0.4, -0.2) is 32.3 Å². The van der Waals surface area contributed by atoms with Gasteiger partial charge < -0.3 is 0 Å². The van der Waals surface area contributed by atoms with E-state index in [1.165, 1.54) is 0 Å². The zero-order chi connectivity index (χ0) is 12.5. The molecule has 1 aromatic rings. The van der Waals surface area contributed by atoms with E-state index in [0.717, 1.165) is 23.5 Å². The van der Waals surface area contributed by atoms with Crippen LogP contribution in [0.4, 0.5) is 0 Å². The van der Waals surface area contributed by atoms with Crippen LogP contribution in [0.5, 0.6) is 0 Å². The van der Waals surface area contributed by atoms with E-state index in [0.29, 0.717) is 10.9 Å². The average Bonchev–Trinajstić information content (AvgIpc) is 2.63. The Morgan fingerprint density at radius 3 is 2.47 bits per heavy atom. The highest BCUT2D eigenvalue weighted by molar-refractivity contribution is 7.96. The van der Waals surface area contributed by atoms with Crippen molar-refractivity contribution in [2.45, 2.75) is 24.3 Å². The summed E-state index contributed by atoms with van der Waals surface area (Å²) in [5.41, 5.74) is 1.04. The first-order chi connectivity index (χ1) is 7.97. The maximum atomic E-state index is 12.0. The summed E-state index contributed by atoms with van der Waals surface area (Å²) in [6.07, 6.45) is 2.88. The minimum Gasteiger partial charge on any atom is -0.258 e. The monoisotopic (exact) mass is 273 g/mol. The summed E-state index contributed by atoms with van der Waals surface area (Å²) in [7, 11) is -3.27. The lowest BCUT2D eigenvalue weighted by atomic mass is 10.2. The van der Waals surface area contributed by atoms with Gasteiger partial charge in [-0.05, 0) is 30.0 Å². The van der Waals surface area contributed by atoms with Crippen molar-refractivity contribution < 1.29 is 12.6 Å². The predicted octanol–water partition coefficient (Wildman–Crippen LogP) is 1.72. The molecule has 0 bridgehead atoms. The zero-order valence-electron chi connectivity index (χ0n) is 10.0. The highest BCUT2D eigenvalue weighted by atomic mass is 32.2. The van der Waals surface area contributed by atoms with Crippen LogP contribution in [0.3, 0.4) is 0 Å². The molecule has 1 unspecified atom stereocenters. The third-order valence-corrected chi connectivity index (χ3v) is 6.08. The van der Waals surface area contributed by atoms with Crippen LogP contribution < -0.4 is 0 Å². The number of hydrogen-bond acceptors (Lipinski definition) is 3. The fraction of sp³-hybridized carbons (Fsp3) is 0.500. The van der Waals surface area contributed by atoms with Gasteiger partial charge in [-0.2, -0.15) is 8.42 Å². The molecule has 5 heteroatoms. The summed E-state index contributed by atoms with van der Waals surface area (Å²) in [4.78, 5) is 0.256. The van der Waals surface area contributed by atoms with Crippen LogP contribution in [0.25, 0.3) is 0 Å². The second-order valence-corrected chi connectivity index (χ2v) is 8.30. The smallest absolute Gasteiger partial charge is 0.258 e. The lowest BCUT2D eigenvalue weighted by Gasteiger charge is -2.09. The average molecular weight is 273 g/mol. The number of rotatable bonds is 3. The van der Waals surface area contributed by atoms with Gasteiger partial charge in [-0.3, -0.25) is 4.18 Å². The molecule has 0 aliphatic carbocycles. The third-order valence-electron chi connectivity index (χ3n) is 2.83. The van der Waals surface area contributed by atoms with Crippen molar-refractivity contribution in [2.75, 3.05) is 17.8 Å². The summed E-state index contributed by atoms with van der Waals surface area (Å²) < 4.78 is 29.2. The van der Waals surface area contributed by atoms with Gasteiger partial charge in [0.15, 0.2) is 0 Å². The number of hydrogen-bond donors (Lipinski definition) is 0. The molecule has 1 aliphatic rings. The summed E-state index contributed by atoms with van der Waals surface area (Å²) in [5, 5.41) is 0. The van der Waals surface area contributed by atoms with E-state index in [-0.39, 0.29) is 11.0 Å². The SMILES string of the molecule is Cc1ccc(S(=O)(=O)O[C@@H]2CC[S+](C)C2)cc1. The lowest BCUT2D eigenvalue weighted by molar-refractivity contribution is 0.236. The molecule has 0 amide bonds. The van der Waals surface area contributed by atoms with Crippen molar-refractivity contribution in [3.63, 3.8) is 0 Å². The molecule has 2 atom stereocenters. The summed E-state index contributed by atoms with van der Waals surface area (Å²) >= 11 is 0. The van der Waals surface area contributed by atoms with Gasteiger partial charge in [0.05, 0.1) is 11.2 Å². The Labute approximate surface area is 106 Å². The molecule has 0 aromatic heterocycles. The summed E-state index contributed by atoms with van der Waals surface area (Å²) in [5.74, 6) is 1.94. The van der Waals surface area contributed by atoms with E-state index in [9.17, 15) is 8.42 Å². The van der Waals surface area contributed by atoms with Gasteiger partial charge in [0, 0.05) is 6.42 Å². The van der Waals surface area contributed by atoms with Gasteiger partial charge in [0.25, 0.3) is 10.1 Å². The Kier molecular flexibility index (Phi) is 3.80. The summed E-state index contributed by atoms with van der Waals surface area (Å²) in [6, 6.07) is 6.78. The Hall–Kier alpha value is -0.520. The highest BCUT2D eigenvalue weighted by Gasteiger charge is 2.33. The fourth-order valence-electron chi connectivity index (χ4n) is 1.83. The largest absolute Gasteiger partial charge is 0.297 e. The van der Waals surface area contributed by atoms with Crippen LogP contribution in [-0.2, 0) is 25.2 Å². The minimum atomic E-state index is -3.58. The van der Waals surface area contributed by atoms with Gasteiger partial charge >= 0.3 is 0 Å². The molecule has 1 heterocycles. The van der Waals surface area contributed by atoms with E-state index >= 15 is 0 Å². The standard InChI is InChI=1S/C12H17O3S2/c1-10-3-5-12(6-4-10)17(13,14)15-11-7-8-16(2)9-11/h3-6,11H,7-9H2,1-2H3/q+1/t11-,16?/m1/s1. The molecule has 2 rings (SSSR count). The van der Waals surface area contributed by atoms with Gasteiger partial charge in [0.2, 0.25) is 0 Å². The molecule has 94 valence electrons. The topological polar surface area (TPSA) is 43.4 Å². The first kappa shape index (κ1) is 12.9. The molecule has 3 nitrogen and oxygen atoms in total. The summed E-state index contributed by atoms with van der Waals surface area (Å²) in [6.45, 7) is 1.93. The third kappa shape index (κ3) is 3.24. The molecular weight excluding hydrogens is 256 g/mol. The zero-order valence-corrected chi connectivity index (χ0v) is 11.7. The van der Waals surface area contributed by atoms with Crippen LogP contribution in [0.2, 0.25) is 0 Å². The van der Waals surface area contributed by atoms with Gasteiger partial charge in [-0.1, -0.05) is 17.7 Å². The molecule has 0 radical (unpaired) electrons. The maximum absolute atomic E-state index is 12.0. The molecule has 1 aromatic carbocycles. The van der Waals surface area contributed by atoms with E-state index in [1.807, 2.05) is 6.92 Å². The Morgan fingerprint density at radius 2 is 1.94 bits per heavy atom. The normalized spacial score (nSPS) is 25.1. The van der Waals surface area contributed by atoms with Crippen molar-refractivity contribution in [1.82, 2.24) is 0 Å². The Balaban J connectivity index is 2.11. The minimum absolute atomic E-state index is 0.130. The van der Waals surface area contributed by atoms with E-state index in [4.69, 9.17) is 4.18 Å². The second-order valence-electron chi connectivity index (χ2n) is 4.43. The van der Waals surface area contributed by atoms with Crippen molar-refractivity contribution >= 4 is 21.0 Å². The van der Waals surface area contributed by atoms with Crippen LogP contribution >= 0.6 is 0 Å². The first-order valence-electron chi connectivity index (χ1n) is 5.56. The van der Waals surface area contributed by atoms with Gasteiger partial charge in [-0.25, -0.2) is 0 Å². The van der Waals surface area contributed by atoms with Crippen LogP contribution in [0, 0.1) is 6.92 Å². The number of aryl methyl sites for hydroxylation is 1. The Bertz CT molecular complexity index is 479. The molecule has 1 aliphatic heterocycles. The Morgan fingerprint density at radius 1 is 1.29 bits per heavy atom. The maximum Gasteiger partial charge on any atom is 0.297 e. The van der Waals surface area contributed by atoms with E-state index < -0.39 is 10.1 Å². The highest BCUT2D eigenvalue weighted by Crippen LogP contribution is 2.21. The molecular formula is C12H17O3S2+. The molecule has 0 spiro atoms. The van der Waals surface area contributed by atoms with E-state index in [1.54, 1.807) is 24.3 Å². The molecule has 1 saturated heterocycles. The van der Waals surface area contributed by atoms with Crippen molar-refractivity contribution in [3.05, 3.63) is 29.8 Å². The van der Waals surface area contributed by atoms with Crippen molar-refractivity contribution in [3.8, 4) is 0 Å². The second kappa shape index (κ2) is 5.00. The lowest BCUT2D eigenvalue weighted by Crippen LogP contribution is -2.19.